The highest BCUT2D eigenvalue weighted by Gasteiger charge is 2.34. The van der Waals surface area contributed by atoms with Gasteiger partial charge in [-0.2, -0.15) is 0 Å². The van der Waals surface area contributed by atoms with Crippen LogP contribution in [-0.2, 0) is 11.2 Å². The fraction of sp³-hybridized carbons (Fsp3) is 0.286. The number of amides is 1. The monoisotopic (exact) mass is 375 g/mol. The first-order valence-corrected chi connectivity index (χ1v) is 9.49. The van der Waals surface area contributed by atoms with Crippen LogP contribution in [0.5, 0.6) is 5.75 Å². The molecular weight excluding hydrogens is 354 g/mol. The summed E-state index contributed by atoms with van der Waals surface area (Å²) in [5.41, 5.74) is 4.00. The van der Waals surface area contributed by atoms with E-state index in [1.54, 1.807) is 12.5 Å². The van der Waals surface area contributed by atoms with Crippen molar-refractivity contribution in [3.63, 3.8) is 0 Å². The van der Waals surface area contributed by atoms with Gasteiger partial charge in [0.05, 0.1) is 36.8 Å². The van der Waals surface area contributed by atoms with E-state index in [9.17, 15) is 4.79 Å². The van der Waals surface area contributed by atoms with Gasteiger partial charge in [-0.15, -0.1) is 0 Å². The molecule has 0 saturated heterocycles. The van der Waals surface area contributed by atoms with Crippen molar-refractivity contribution in [2.24, 2.45) is 0 Å². The van der Waals surface area contributed by atoms with Crippen LogP contribution in [-0.4, -0.2) is 52.0 Å². The summed E-state index contributed by atoms with van der Waals surface area (Å²) in [5.74, 6) is 0.836. The number of nitrogens with zero attached hydrogens (tertiary/aromatic N) is 4. The minimum Gasteiger partial charge on any atom is -0.490 e. The van der Waals surface area contributed by atoms with Crippen molar-refractivity contribution < 1.29 is 9.53 Å². The number of fused-ring (bicyclic) bond motifs is 2. The van der Waals surface area contributed by atoms with Crippen LogP contribution in [0.2, 0.25) is 0 Å². The predicted octanol–water partition coefficient (Wildman–Crippen LogP) is 2.18. The summed E-state index contributed by atoms with van der Waals surface area (Å²) in [6.45, 7) is 2.18. The minimum absolute atomic E-state index is 0.0728. The van der Waals surface area contributed by atoms with Crippen molar-refractivity contribution in [2.45, 2.75) is 12.5 Å². The van der Waals surface area contributed by atoms with Gasteiger partial charge in [0, 0.05) is 31.1 Å². The van der Waals surface area contributed by atoms with E-state index in [2.05, 4.69) is 19.9 Å². The molecule has 1 amide bonds. The van der Waals surface area contributed by atoms with E-state index in [4.69, 9.17) is 4.74 Å². The van der Waals surface area contributed by atoms with Crippen LogP contribution in [0, 0.1) is 0 Å². The molecule has 1 N–H and O–H groups in total. The molecule has 2 aliphatic heterocycles. The van der Waals surface area contributed by atoms with Gasteiger partial charge in [0.2, 0.25) is 5.91 Å². The Hall–Kier alpha value is -3.19. The quantitative estimate of drug-likeness (QED) is 0.760. The van der Waals surface area contributed by atoms with Gasteiger partial charge in [0.15, 0.2) is 0 Å². The van der Waals surface area contributed by atoms with Crippen molar-refractivity contribution in [3.8, 4) is 5.75 Å². The first-order chi connectivity index (χ1) is 13.8. The van der Waals surface area contributed by atoms with Gasteiger partial charge in [-0.1, -0.05) is 18.2 Å². The molecule has 1 unspecified atom stereocenters. The second-order valence-corrected chi connectivity index (χ2v) is 7.04. The largest absolute Gasteiger partial charge is 0.490 e. The van der Waals surface area contributed by atoms with Gasteiger partial charge < -0.3 is 14.6 Å². The predicted molar refractivity (Wildman–Crippen MR) is 104 cm³/mol. The number of hydrogen-bond donors (Lipinski definition) is 1. The topological polar surface area (TPSA) is 74.4 Å². The van der Waals surface area contributed by atoms with Crippen molar-refractivity contribution in [1.82, 2.24) is 19.9 Å². The molecule has 0 aliphatic carbocycles. The average molecular weight is 375 g/mol. The van der Waals surface area contributed by atoms with Crippen LogP contribution in [0.4, 0.5) is 5.69 Å². The highest BCUT2D eigenvalue weighted by molar-refractivity contribution is 5.96. The molecule has 7 nitrogen and oxygen atoms in total. The molecule has 0 spiro atoms. The first kappa shape index (κ1) is 16.9. The number of ether oxygens (including phenoxy) is 1. The summed E-state index contributed by atoms with van der Waals surface area (Å²) >= 11 is 0. The third-order valence-corrected chi connectivity index (χ3v) is 5.39. The third-order valence-electron chi connectivity index (χ3n) is 5.39. The van der Waals surface area contributed by atoms with Crippen molar-refractivity contribution >= 4 is 11.6 Å². The second kappa shape index (κ2) is 7.09. The highest BCUT2D eigenvalue weighted by Crippen LogP contribution is 2.34. The molecule has 142 valence electrons. The SMILES string of the molecule is O=C(CN1CCc2[nH]cnc2C1c1cccnc1)N1CCOc2ccccc21. The van der Waals surface area contributed by atoms with E-state index in [0.717, 1.165) is 41.4 Å². The standard InChI is InChI=1S/C21H21N5O2/c27-19(26-10-11-28-18-6-2-1-5-17(18)26)13-25-9-7-16-20(24-14-23-16)21(25)15-4-3-8-22-12-15/h1-6,8,12,14,21H,7,9-11,13H2,(H,23,24). The van der Waals surface area contributed by atoms with Gasteiger partial charge in [-0.3, -0.25) is 14.7 Å². The van der Waals surface area contributed by atoms with E-state index < -0.39 is 0 Å². The van der Waals surface area contributed by atoms with E-state index >= 15 is 0 Å². The maximum atomic E-state index is 13.2. The number of carbonyl (C=O) groups is 1. The number of rotatable bonds is 3. The molecule has 2 aromatic heterocycles. The fourth-order valence-corrected chi connectivity index (χ4v) is 4.09. The maximum Gasteiger partial charge on any atom is 0.241 e. The number of carbonyl (C=O) groups excluding carboxylic acids is 1. The van der Waals surface area contributed by atoms with E-state index in [1.165, 1.54) is 0 Å². The van der Waals surface area contributed by atoms with Crippen LogP contribution < -0.4 is 9.64 Å². The number of nitrogens with one attached hydrogen (secondary N) is 1. The summed E-state index contributed by atoms with van der Waals surface area (Å²) in [6, 6.07) is 11.6. The number of para-hydroxylation sites is 2. The summed E-state index contributed by atoms with van der Waals surface area (Å²) in [4.78, 5) is 29.3. The van der Waals surface area contributed by atoms with Gasteiger partial charge in [-0.25, -0.2) is 4.98 Å². The number of H-pyrrole nitrogens is 1. The Morgan fingerprint density at radius 1 is 1.21 bits per heavy atom. The van der Waals surface area contributed by atoms with Crippen molar-refractivity contribution in [3.05, 3.63) is 72.1 Å². The molecule has 5 rings (SSSR count). The molecule has 0 saturated carbocycles. The zero-order chi connectivity index (χ0) is 18.9. The Morgan fingerprint density at radius 3 is 3.04 bits per heavy atom. The van der Waals surface area contributed by atoms with Gasteiger partial charge >= 0.3 is 0 Å². The lowest BCUT2D eigenvalue weighted by atomic mass is 9.97. The van der Waals surface area contributed by atoms with Crippen LogP contribution in [0.3, 0.4) is 0 Å². The molecule has 0 radical (unpaired) electrons. The van der Waals surface area contributed by atoms with E-state index in [1.807, 2.05) is 47.5 Å². The molecule has 1 aromatic carbocycles. The van der Waals surface area contributed by atoms with Gasteiger partial charge in [0.25, 0.3) is 0 Å². The fourth-order valence-electron chi connectivity index (χ4n) is 4.09. The number of benzene rings is 1. The molecule has 0 bridgehead atoms. The lowest BCUT2D eigenvalue weighted by Gasteiger charge is -2.37. The molecule has 7 heteroatoms. The number of aromatic amines is 1. The zero-order valence-electron chi connectivity index (χ0n) is 15.4. The third kappa shape index (κ3) is 2.93. The van der Waals surface area contributed by atoms with Gasteiger partial charge in [-0.05, 0) is 23.8 Å². The summed E-state index contributed by atoms with van der Waals surface area (Å²) in [5, 5.41) is 0. The Morgan fingerprint density at radius 2 is 2.14 bits per heavy atom. The number of anilines is 1. The number of hydrogen-bond acceptors (Lipinski definition) is 5. The number of pyridine rings is 1. The summed E-state index contributed by atoms with van der Waals surface area (Å²) in [6.07, 6.45) is 6.20. The average Bonchev–Trinajstić information content (AvgIpc) is 3.22. The molecule has 0 fully saturated rings. The molecule has 28 heavy (non-hydrogen) atoms. The maximum absolute atomic E-state index is 13.2. The summed E-state index contributed by atoms with van der Waals surface area (Å²) in [7, 11) is 0. The lowest BCUT2D eigenvalue weighted by Crippen LogP contribution is -2.47. The minimum atomic E-state index is -0.0797. The van der Waals surface area contributed by atoms with Crippen LogP contribution in [0.1, 0.15) is 23.0 Å². The lowest BCUT2D eigenvalue weighted by molar-refractivity contribution is -0.120. The smallest absolute Gasteiger partial charge is 0.241 e. The Kier molecular flexibility index (Phi) is 4.29. The second-order valence-electron chi connectivity index (χ2n) is 7.04. The van der Waals surface area contributed by atoms with Crippen LogP contribution >= 0.6 is 0 Å². The zero-order valence-corrected chi connectivity index (χ0v) is 15.4. The highest BCUT2D eigenvalue weighted by atomic mass is 16.5. The molecule has 2 aliphatic rings. The van der Waals surface area contributed by atoms with Crippen LogP contribution in [0.15, 0.2) is 55.1 Å². The molecule has 4 heterocycles. The summed E-state index contributed by atoms with van der Waals surface area (Å²) < 4.78 is 5.69. The Balaban J connectivity index is 1.44. The van der Waals surface area contributed by atoms with Gasteiger partial charge in [0.1, 0.15) is 12.4 Å². The Labute approximate surface area is 163 Å². The first-order valence-electron chi connectivity index (χ1n) is 9.49. The van der Waals surface area contributed by atoms with Crippen molar-refractivity contribution in [2.75, 3.05) is 31.1 Å². The molecule has 1 atom stereocenters. The molecular formula is C21H21N5O2. The van der Waals surface area contributed by atoms with E-state index in [0.29, 0.717) is 19.7 Å². The van der Waals surface area contributed by atoms with Crippen molar-refractivity contribution in [1.29, 1.82) is 0 Å². The molecule has 3 aromatic rings. The van der Waals surface area contributed by atoms with Crippen LogP contribution in [0.25, 0.3) is 0 Å². The number of aromatic nitrogens is 3. The Bertz CT molecular complexity index is 987. The number of imidazole rings is 1. The normalized spacial score (nSPS) is 18.9. The van der Waals surface area contributed by atoms with E-state index in [-0.39, 0.29) is 11.9 Å².